The van der Waals surface area contributed by atoms with Crippen LogP contribution in [-0.2, 0) is 80.3 Å². The van der Waals surface area contributed by atoms with Gasteiger partial charge in [0.25, 0.3) is 0 Å². The first-order chi connectivity index (χ1) is 44.3. The SMILES string of the molecule is CC[C@H](C)C(NC(C)=O)C(=O)N1CCC[C@H]1C(=O)N1CCC[C@H]1C(=O)N[C@@H](CCCCN)C(=O)N[C@@H](Cc1ccc(O)cc1)C(=O)NC1CSCc2cccc(c2)CSC[C@@H](C(N)=O)N2CC(C)CC(NC(=O)[C@H](CCC(N)=O)NC(=O)[C@H](CCC(=O)O)NC1=O)C2=O. The van der Waals surface area contributed by atoms with Gasteiger partial charge in [-0.3, -0.25) is 62.3 Å². The molecular formula is C63H91N13O15S2. The van der Waals surface area contributed by atoms with E-state index in [4.69, 9.17) is 17.2 Å². The summed E-state index contributed by atoms with van der Waals surface area (Å²) in [6.45, 7) is 7.73. The lowest BCUT2D eigenvalue weighted by molar-refractivity contribution is -0.148. The molecule has 2 aromatic carbocycles. The summed E-state index contributed by atoms with van der Waals surface area (Å²) < 4.78 is 0. The number of carboxylic acids is 1. The molecule has 0 aliphatic carbocycles. The van der Waals surface area contributed by atoms with Crippen LogP contribution in [-0.4, -0.2) is 200 Å². The van der Waals surface area contributed by atoms with Crippen LogP contribution in [0.2, 0.25) is 0 Å². The first-order valence-corrected chi connectivity index (χ1v) is 34.1. The minimum atomic E-state index is -1.70. The molecule has 4 bridgehead atoms. The number of carbonyl (C=O) groups is 13. The predicted octanol–water partition coefficient (Wildman–Crippen LogP) is -0.462. The molecule has 93 heavy (non-hydrogen) atoms. The van der Waals surface area contributed by atoms with E-state index >= 15 is 4.79 Å². The number of unbranched alkanes of at least 4 members (excludes halogenated alkanes) is 1. The van der Waals surface area contributed by atoms with Crippen LogP contribution in [0.4, 0.5) is 0 Å². The Kier molecular flexibility index (Phi) is 28.6. The summed E-state index contributed by atoms with van der Waals surface area (Å²) in [4.78, 5) is 184. The number of fused-ring (bicyclic) bond motifs is 4. The maximum atomic E-state index is 15.0. The van der Waals surface area contributed by atoms with Crippen molar-refractivity contribution in [2.24, 2.45) is 29.0 Å². The van der Waals surface area contributed by atoms with Crippen LogP contribution in [0.1, 0.15) is 128 Å². The van der Waals surface area contributed by atoms with Gasteiger partial charge in [-0.2, -0.15) is 23.5 Å². The van der Waals surface area contributed by atoms with Crippen LogP contribution in [0.25, 0.3) is 0 Å². The fraction of sp³-hybridized carbons (Fsp3) is 0.603. The molecule has 12 amide bonds. The average Bonchev–Trinajstić information content (AvgIpc) is 1.77. The zero-order valence-electron chi connectivity index (χ0n) is 53.2. The molecule has 3 fully saturated rings. The van der Waals surface area contributed by atoms with Crippen molar-refractivity contribution in [1.82, 2.24) is 51.9 Å². The second-order valence-electron chi connectivity index (χ2n) is 24.5. The van der Waals surface area contributed by atoms with Gasteiger partial charge in [-0.1, -0.05) is 63.6 Å². The molecule has 0 aromatic heterocycles. The number of primary amides is 2. The lowest BCUT2D eigenvalue weighted by atomic mass is 9.93. The smallest absolute Gasteiger partial charge is 0.303 e. The van der Waals surface area contributed by atoms with E-state index in [9.17, 15) is 67.7 Å². The highest BCUT2D eigenvalue weighted by atomic mass is 32.2. The molecule has 15 N–H and O–H groups in total. The summed E-state index contributed by atoms with van der Waals surface area (Å²) in [6, 6.07) is 0.448. The normalized spacial score (nSPS) is 23.8. The lowest BCUT2D eigenvalue weighted by Crippen LogP contribution is -2.63. The Morgan fingerprint density at radius 3 is 1.99 bits per heavy atom. The van der Waals surface area contributed by atoms with Gasteiger partial charge < -0.3 is 79.3 Å². The number of carbonyl (C=O) groups excluding carboxylic acids is 12. The summed E-state index contributed by atoms with van der Waals surface area (Å²) in [6.07, 6.45) is 0.751. The molecule has 510 valence electrons. The fourth-order valence-electron chi connectivity index (χ4n) is 11.9. The molecule has 4 aliphatic heterocycles. The third-order valence-electron chi connectivity index (χ3n) is 17.1. The molecule has 6 rings (SSSR count). The number of nitrogens with one attached hydrogen (secondary N) is 7. The quantitative estimate of drug-likeness (QED) is 0.0592. The number of likely N-dealkylation sites (tertiary alicyclic amines) is 2. The van der Waals surface area contributed by atoms with Gasteiger partial charge in [0.15, 0.2) is 0 Å². The molecule has 3 saturated heterocycles. The number of benzene rings is 2. The van der Waals surface area contributed by atoms with Crippen molar-refractivity contribution >= 4 is 100 Å². The number of aromatic hydroxyl groups is 1. The van der Waals surface area contributed by atoms with E-state index in [1.165, 1.54) is 69.4 Å². The van der Waals surface area contributed by atoms with Crippen LogP contribution < -0.4 is 54.4 Å². The number of hydrogen-bond acceptors (Lipinski definition) is 17. The van der Waals surface area contributed by atoms with E-state index in [0.29, 0.717) is 49.8 Å². The topological polar surface area (TPSA) is 434 Å². The molecule has 2 aromatic rings. The van der Waals surface area contributed by atoms with Gasteiger partial charge in [-0.25, -0.2) is 0 Å². The number of thioether (sulfide) groups is 2. The lowest BCUT2D eigenvalue weighted by Gasteiger charge is -2.40. The zero-order chi connectivity index (χ0) is 68.1. The number of piperidine rings is 1. The Morgan fingerprint density at radius 2 is 1.37 bits per heavy atom. The van der Waals surface area contributed by atoms with E-state index in [0.717, 1.165) is 11.1 Å². The van der Waals surface area contributed by atoms with E-state index in [-0.39, 0.29) is 86.7 Å². The molecule has 0 radical (unpaired) electrons. The summed E-state index contributed by atoms with van der Waals surface area (Å²) >= 11 is 2.55. The van der Waals surface area contributed by atoms with Crippen molar-refractivity contribution in [1.29, 1.82) is 0 Å². The van der Waals surface area contributed by atoms with Gasteiger partial charge in [0.2, 0.25) is 70.9 Å². The molecule has 0 saturated carbocycles. The van der Waals surface area contributed by atoms with Crippen molar-refractivity contribution < 1.29 is 72.5 Å². The Bertz CT molecular complexity index is 3030. The van der Waals surface area contributed by atoms with Crippen molar-refractivity contribution in [3.63, 3.8) is 0 Å². The average molecular weight is 1330 g/mol. The fourth-order valence-corrected chi connectivity index (χ4v) is 14.0. The predicted molar refractivity (Wildman–Crippen MR) is 345 cm³/mol. The minimum absolute atomic E-state index is 0.0326. The van der Waals surface area contributed by atoms with Crippen LogP contribution >= 0.6 is 23.5 Å². The number of phenols is 1. The number of hydrogen-bond donors (Lipinski definition) is 12. The molecular weight excluding hydrogens is 1240 g/mol. The van der Waals surface area contributed by atoms with Crippen molar-refractivity contribution in [3.8, 4) is 5.75 Å². The Balaban J connectivity index is 1.30. The zero-order valence-corrected chi connectivity index (χ0v) is 54.8. The summed E-state index contributed by atoms with van der Waals surface area (Å²) in [5.41, 5.74) is 19.3. The molecule has 4 heterocycles. The van der Waals surface area contributed by atoms with E-state index in [2.05, 4.69) is 37.2 Å². The number of rotatable bonds is 24. The van der Waals surface area contributed by atoms with Gasteiger partial charge in [-0.15, -0.1) is 0 Å². The third kappa shape index (κ3) is 21.8. The molecule has 0 spiro atoms. The van der Waals surface area contributed by atoms with E-state index in [1.807, 2.05) is 45.0 Å². The minimum Gasteiger partial charge on any atom is -0.508 e. The van der Waals surface area contributed by atoms with Crippen LogP contribution in [0.5, 0.6) is 5.75 Å². The van der Waals surface area contributed by atoms with Gasteiger partial charge in [0, 0.05) is 68.8 Å². The Labute approximate surface area is 549 Å². The van der Waals surface area contributed by atoms with Gasteiger partial charge in [0.1, 0.15) is 66.2 Å². The number of nitrogens with zero attached hydrogens (tertiary/aromatic N) is 3. The monoisotopic (exact) mass is 1330 g/mol. The van der Waals surface area contributed by atoms with Gasteiger partial charge in [-0.05, 0) is 111 Å². The van der Waals surface area contributed by atoms with Crippen molar-refractivity contribution in [2.45, 2.75) is 190 Å². The molecule has 4 aliphatic rings. The molecule has 28 nitrogen and oxygen atoms in total. The Hall–Kier alpha value is -7.99. The van der Waals surface area contributed by atoms with Gasteiger partial charge >= 0.3 is 5.97 Å². The highest BCUT2D eigenvalue weighted by molar-refractivity contribution is 7.98. The number of phenolic OH excluding ortho intramolecular Hbond substituents is 1. The highest BCUT2D eigenvalue weighted by Crippen LogP contribution is 2.29. The molecule has 12 atom stereocenters. The van der Waals surface area contributed by atoms with Crippen LogP contribution in [0.3, 0.4) is 0 Å². The first kappa shape index (κ1) is 74.1. The number of amides is 12. The molecule has 30 heteroatoms. The standard InChI is InChI=1S/C63H91N13O15S2/c1-5-36(3)53(67-37(4)77)63(91)75-26-10-15-49(75)62(90)74-25-9-14-48(74)60(88)70-42(13-6-7-24-64)55(83)71-45(29-38-16-18-41(78)19-17-38)58(86)73-47-33-92-31-39-11-8-12-40(28-39)32-93-34-50(54(66)82)76-30-35(2)27-46(61(76)89)72-57(85)43(20-22-51(65)79)68-56(84)44(69-59(47)87)21-23-52(80)81/h8,11-12,16-19,28,35-36,42-50,53,78H,5-7,9-10,13-15,20-27,29-34,64H2,1-4H3,(H2,65,79)(H2,66,82)(H,67,77)(H,68,84)(H,69,87)(H,70,88)(H,71,83)(H,72,85)(H,73,86)(H,80,81)/t35?,36-,42-,43-,44-,45-,46?,47?,48-,49-,50-,53?/m0/s1. The number of aliphatic carboxylic acids is 1. The van der Waals surface area contributed by atoms with Crippen molar-refractivity contribution in [3.05, 3.63) is 65.2 Å². The summed E-state index contributed by atoms with van der Waals surface area (Å²) in [5.74, 6) is -10.2. The molecule has 4 unspecified atom stereocenters. The highest BCUT2D eigenvalue weighted by Gasteiger charge is 2.46. The number of carboxylic acid groups (broad SMARTS) is 1. The van der Waals surface area contributed by atoms with Crippen molar-refractivity contribution in [2.75, 3.05) is 37.7 Å². The van der Waals surface area contributed by atoms with E-state index < -0.39 is 163 Å². The number of nitrogens with two attached hydrogens (primary N) is 3. The summed E-state index contributed by atoms with van der Waals surface area (Å²) in [7, 11) is 0. The second-order valence-corrected chi connectivity index (χ2v) is 26.6. The summed E-state index contributed by atoms with van der Waals surface area (Å²) in [5, 5.41) is 38.9. The Morgan fingerprint density at radius 1 is 0.742 bits per heavy atom. The third-order valence-corrected chi connectivity index (χ3v) is 19.3. The van der Waals surface area contributed by atoms with Crippen LogP contribution in [0, 0.1) is 11.8 Å². The van der Waals surface area contributed by atoms with E-state index in [1.54, 1.807) is 0 Å². The largest absolute Gasteiger partial charge is 0.508 e. The second kappa shape index (κ2) is 35.9. The maximum absolute atomic E-state index is 15.0. The maximum Gasteiger partial charge on any atom is 0.303 e. The van der Waals surface area contributed by atoms with Crippen LogP contribution in [0.15, 0.2) is 48.5 Å². The van der Waals surface area contributed by atoms with Gasteiger partial charge in [0.05, 0.1) is 0 Å². The first-order valence-electron chi connectivity index (χ1n) is 31.8.